The van der Waals surface area contributed by atoms with E-state index in [2.05, 4.69) is 5.32 Å². The van der Waals surface area contributed by atoms with Gasteiger partial charge in [-0.25, -0.2) is 0 Å². The number of carbonyl (C=O) groups is 1. The average Bonchev–Trinajstić information content (AvgIpc) is 2.76. The maximum absolute atomic E-state index is 12.1. The molecule has 19 heavy (non-hydrogen) atoms. The molecule has 2 N–H and O–H groups in total. The van der Waals surface area contributed by atoms with Crippen LogP contribution in [0.25, 0.3) is 0 Å². The van der Waals surface area contributed by atoms with Gasteiger partial charge in [-0.3, -0.25) is 4.79 Å². The van der Waals surface area contributed by atoms with Crippen molar-refractivity contribution in [3.05, 3.63) is 71.3 Å². The summed E-state index contributed by atoms with van der Waals surface area (Å²) in [4.78, 5) is 12.1. The number of rotatable bonds is 2. The molecule has 0 unspecified atom stereocenters. The van der Waals surface area contributed by atoms with Gasteiger partial charge >= 0.3 is 0 Å². The normalized spacial score (nSPS) is 20.9. The Morgan fingerprint density at radius 2 is 1.74 bits per heavy atom. The number of benzene rings is 2. The van der Waals surface area contributed by atoms with Crippen LogP contribution in [0.3, 0.4) is 0 Å². The van der Waals surface area contributed by atoms with Crippen LogP contribution in [0.2, 0.25) is 0 Å². The fourth-order valence-electron chi connectivity index (χ4n) is 2.56. The van der Waals surface area contributed by atoms with E-state index in [1.165, 1.54) is 0 Å². The van der Waals surface area contributed by atoms with Crippen molar-refractivity contribution >= 4 is 5.91 Å². The van der Waals surface area contributed by atoms with Crippen LogP contribution < -0.4 is 5.32 Å². The van der Waals surface area contributed by atoms with E-state index in [-0.39, 0.29) is 11.9 Å². The summed E-state index contributed by atoms with van der Waals surface area (Å²) in [6.07, 6.45) is 0.0423. The highest BCUT2D eigenvalue weighted by molar-refractivity contribution is 5.94. The zero-order valence-corrected chi connectivity index (χ0v) is 10.4. The lowest BCUT2D eigenvalue weighted by Gasteiger charge is -2.18. The molecule has 0 aromatic heterocycles. The molecule has 96 valence electrons. The highest BCUT2D eigenvalue weighted by Gasteiger charge is 2.31. The summed E-state index contributed by atoms with van der Waals surface area (Å²) in [7, 11) is 0. The van der Waals surface area contributed by atoms with Gasteiger partial charge in [-0.1, -0.05) is 42.5 Å². The summed E-state index contributed by atoms with van der Waals surface area (Å²) >= 11 is 0. The highest BCUT2D eigenvalue weighted by atomic mass is 16.3. The molecule has 0 fully saturated rings. The molecular formula is C16H15NO2. The Morgan fingerprint density at radius 3 is 2.53 bits per heavy atom. The van der Waals surface area contributed by atoms with E-state index in [1.54, 1.807) is 12.1 Å². The van der Waals surface area contributed by atoms with Gasteiger partial charge in [0, 0.05) is 12.0 Å². The van der Waals surface area contributed by atoms with Crippen molar-refractivity contribution in [2.24, 2.45) is 0 Å². The van der Waals surface area contributed by atoms with Gasteiger partial charge in [0.05, 0.1) is 12.1 Å². The van der Waals surface area contributed by atoms with Crippen molar-refractivity contribution < 1.29 is 9.90 Å². The van der Waals surface area contributed by atoms with Crippen LogP contribution in [-0.2, 0) is 6.42 Å². The Hall–Kier alpha value is -2.13. The first kappa shape index (κ1) is 11.9. The molecule has 3 nitrogen and oxygen atoms in total. The molecular weight excluding hydrogens is 238 g/mol. The lowest BCUT2D eigenvalue weighted by atomic mass is 10.1. The maximum atomic E-state index is 12.1. The smallest absolute Gasteiger partial charge is 0.251 e. The van der Waals surface area contributed by atoms with Crippen LogP contribution in [0.4, 0.5) is 0 Å². The van der Waals surface area contributed by atoms with E-state index < -0.39 is 6.10 Å². The Balaban J connectivity index is 1.82. The van der Waals surface area contributed by atoms with E-state index >= 15 is 0 Å². The molecule has 2 aromatic carbocycles. The fourth-order valence-corrected chi connectivity index (χ4v) is 2.56. The Kier molecular flexibility index (Phi) is 3.05. The summed E-state index contributed by atoms with van der Waals surface area (Å²) in [6, 6.07) is 16.6. The second-order valence-electron chi connectivity index (χ2n) is 4.79. The number of amides is 1. The highest BCUT2D eigenvalue weighted by Crippen LogP contribution is 2.31. The molecule has 0 saturated carbocycles. The van der Waals surface area contributed by atoms with Crippen molar-refractivity contribution in [3.8, 4) is 0 Å². The van der Waals surface area contributed by atoms with Gasteiger partial charge in [-0.15, -0.1) is 0 Å². The fraction of sp³-hybridized carbons (Fsp3) is 0.188. The van der Waals surface area contributed by atoms with Crippen LogP contribution in [0.5, 0.6) is 0 Å². The molecule has 3 rings (SSSR count). The van der Waals surface area contributed by atoms with Crippen LogP contribution >= 0.6 is 0 Å². The van der Waals surface area contributed by atoms with Gasteiger partial charge in [-0.2, -0.15) is 0 Å². The summed E-state index contributed by atoms with van der Waals surface area (Å²) < 4.78 is 0. The first-order valence-electron chi connectivity index (χ1n) is 6.37. The minimum Gasteiger partial charge on any atom is -0.390 e. The molecule has 0 bridgehead atoms. The van der Waals surface area contributed by atoms with Gasteiger partial charge in [0.1, 0.15) is 0 Å². The summed E-state index contributed by atoms with van der Waals surface area (Å²) in [6.45, 7) is 0. The van der Waals surface area contributed by atoms with E-state index in [9.17, 15) is 9.90 Å². The molecule has 3 heteroatoms. The monoisotopic (exact) mass is 253 g/mol. The summed E-state index contributed by atoms with van der Waals surface area (Å²) in [5.74, 6) is -0.152. The van der Waals surface area contributed by atoms with Crippen molar-refractivity contribution in [2.75, 3.05) is 0 Å². The lowest BCUT2D eigenvalue weighted by Crippen LogP contribution is -2.33. The lowest BCUT2D eigenvalue weighted by molar-refractivity contribution is 0.0858. The number of fused-ring (bicyclic) bond motifs is 1. The predicted molar refractivity (Wildman–Crippen MR) is 72.8 cm³/mol. The number of carbonyl (C=O) groups excluding carboxylic acids is 1. The third-order valence-corrected chi connectivity index (χ3v) is 3.53. The van der Waals surface area contributed by atoms with Gasteiger partial charge in [0.2, 0.25) is 0 Å². The first-order valence-corrected chi connectivity index (χ1v) is 6.37. The van der Waals surface area contributed by atoms with E-state index in [1.807, 2.05) is 42.5 Å². The summed E-state index contributed by atoms with van der Waals surface area (Å²) in [5.41, 5.74) is 2.73. The minimum atomic E-state index is -0.551. The molecule has 0 saturated heterocycles. The van der Waals surface area contributed by atoms with E-state index in [0.717, 1.165) is 11.1 Å². The van der Waals surface area contributed by atoms with Crippen LogP contribution in [0, 0.1) is 0 Å². The zero-order valence-electron chi connectivity index (χ0n) is 10.4. The second kappa shape index (κ2) is 4.86. The third kappa shape index (κ3) is 2.25. The van der Waals surface area contributed by atoms with Gasteiger partial charge in [-0.05, 0) is 23.3 Å². The Labute approximate surface area is 111 Å². The third-order valence-electron chi connectivity index (χ3n) is 3.53. The number of aliphatic hydroxyl groups is 1. The van der Waals surface area contributed by atoms with Crippen molar-refractivity contribution in [1.82, 2.24) is 5.32 Å². The number of hydrogen-bond donors (Lipinski definition) is 2. The molecule has 0 spiro atoms. The largest absolute Gasteiger partial charge is 0.390 e. The standard InChI is InChI=1S/C16H15NO2/c18-14-10-12-8-4-5-9-13(12)15(14)17-16(19)11-6-2-1-3-7-11/h1-9,14-15,18H,10H2,(H,17,19)/t14-,15-/m0/s1. The number of nitrogens with one attached hydrogen (secondary N) is 1. The molecule has 1 aliphatic rings. The van der Waals surface area contributed by atoms with Crippen LogP contribution in [0.15, 0.2) is 54.6 Å². The zero-order chi connectivity index (χ0) is 13.2. The molecule has 1 amide bonds. The van der Waals surface area contributed by atoms with Crippen molar-refractivity contribution in [2.45, 2.75) is 18.6 Å². The van der Waals surface area contributed by atoms with E-state index in [4.69, 9.17) is 0 Å². The van der Waals surface area contributed by atoms with Crippen LogP contribution in [0.1, 0.15) is 27.5 Å². The average molecular weight is 253 g/mol. The second-order valence-corrected chi connectivity index (χ2v) is 4.79. The maximum Gasteiger partial charge on any atom is 0.251 e. The van der Waals surface area contributed by atoms with Gasteiger partial charge in [0.15, 0.2) is 0 Å². The van der Waals surface area contributed by atoms with Gasteiger partial charge < -0.3 is 10.4 Å². The molecule has 2 aromatic rings. The van der Waals surface area contributed by atoms with Gasteiger partial charge in [0.25, 0.3) is 5.91 Å². The molecule has 0 aliphatic heterocycles. The predicted octanol–water partition coefficient (Wildman–Crippen LogP) is 2.07. The summed E-state index contributed by atoms with van der Waals surface area (Å²) in [5, 5.41) is 13.0. The number of aliphatic hydroxyl groups excluding tert-OH is 1. The quantitative estimate of drug-likeness (QED) is 0.860. The molecule has 1 aliphatic carbocycles. The minimum absolute atomic E-state index is 0.152. The molecule has 2 atom stereocenters. The molecule has 0 radical (unpaired) electrons. The Morgan fingerprint density at radius 1 is 1.05 bits per heavy atom. The molecule has 0 heterocycles. The topological polar surface area (TPSA) is 49.3 Å². The van der Waals surface area contributed by atoms with Crippen molar-refractivity contribution in [1.29, 1.82) is 0 Å². The Bertz CT molecular complexity index is 595. The first-order chi connectivity index (χ1) is 9.25. The number of hydrogen-bond acceptors (Lipinski definition) is 2. The van der Waals surface area contributed by atoms with Crippen LogP contribution in [-0.4, -0.2) is 17.1 Å². The van der Waals surface area contributed by atoms with E-state index in [0.29, 0.717) is 12.0 Å². The SMILES string of the molecule is O=C(N[C@H]1c2ccccc2C[C@@H]1O)c1ccccc1. The van der Waals surface area contributed by atoms with Crippen molar-refractivity contribution in [3.63, 3.8) is 0 Å².